The lowest BCUT2D eigenvalue weighted by molar-refractivity contribution is -0.136. The average molecular weight is 657 g/mol. The summed E-state index contributed by atoms with van der Waals surface area (Å²) in [6.45, 7) is 1.54. The minimum atomic E-state index is -1.06. The molecule has 222 valence electrons. The van der Waals surface area contributed by atoms with E-state index in [0.29, 0.717) is 83.9 Å². The molecule has 0 saturated heterocycles. The normalized spacial score (nSPS) is 11.1. The van der Waals surface area contributed by atoms with E-state index in [1.807, 2.05) is 0 Å². The molecule has 0 spiro atoms. The van der Waals surface area contributed by atoms with Crippen molar-refractivity contribution in [3.63, 3.8) is 0 Å². The number of nitrogens with zero attached hydrogens (tertiary/aromatic N) is 1. The van der Waals surface area contributed by atoms with Gasteiger partial charge in [0.1, 0.15) is 5.52 Å². The molecule has 9 nitrogen and oxygen atoms in total. The molecule has 13 heteroatoms. The third-order valence-electron chi connectivity index (χ3n) is 5.93. The fraction of sp³-hybridized carbons (Fsp3) is 0.276. The van der Waals surface area contributed by atoms with Gasteiger partial charge in [0.25, 0.3) is 0 Å². The Hall–Kier alpha value is -3.21. The summed E-state index contributed by atoms with van der Waals surface area (Å²) in [5.74, 6) is -1.03. The molecule has 42 heavy (non-hydrogen) atoms. The molecule has 3 aromatic carbocycles. The minimum Gasteiger partial charge on any atom is -0.490 e. The maximum Gasteiger partial charge on any atom is 0.335 e. The molecule has 0 atom stereocenters. The highest BCUT2D eigenvalue weighted by molar-refractivity contribution is 6.38. The molecule has 0 aliphatic carbocycles. The van der Waals surface area contributed by atoms with E-state index in [1.54, 1.807) is 30.3 Å². The second-order valence-corrected chi connectivity index (χ2v) is 10.7. The molecule has 0 fully saturated rings. The van der Waals surface area contributed by atoms with E-state index >= 15 is 0 Å². The van der Waals surface area contributed by atoms with Gasteiger partial charge in [-0.2, -0.15) is 0 Å². The van der Waals surface area contributed by atoms with Gasteiger partial charge in [0.2, 0.25) is 5.89 Å². The van der Waals surface area contributed by atoms with Crippen molar-refractivity contribution in [3.8, 4) is 23.0 Å². The Kier molecular flexibility index (Phi) is 11.2. The smallest absolute Gasteiger partial charge is 0.335 e. The Bertz CT molecular complexity index is 1540. The Morgan fingerprint density at radius 3 is 1.90 bits per heavy atom. The molecule has 0 bridgehead atoms. The van der Waals surface area contributed by atoms with Crippen molar-refractivity contribution in [2.24, 2.45) is 0 Å². The van der Waals surface area contributed by atoms with Crippen LogP contribution in [0.5, 0.6) is 11.5 Å². The summed E-state index contributed by atoms with van der Waals surface area (Å²) in [7, 11) is 0. The minimum absolute atomic E-state index is 0.0117. The third kappa shape index (κ3) is 8.42. The SMILES string of the molecule is O=C(O)CCc1cc(Cl)c(OCCCOCCCOc2c(Cl)cc(-c3nc4ccc(C(=O)O)cc4o3)cc2Cl)c(Cl)c1. The van der Waals surface area contributed by atoms with Gasteiger partial charge in [-0.3, -0.25) is 4.79 Å². The van der Waals surface area contributed by atoms with Crippen LogP contribution >= 0.6 is 46.4 Å². The first-order valence-electron chi connectivity index (χ1n) is 12.8. The molecule has 1 aromatic heterocycles. The Morgan fingerprint density at radius 1 is 0.786 bits per heavy atom. The van der Waals surface area contributed by atoms with Crippen LogP contribution in [-0.2, 0) is 16.0 Å². The topological polar surface area (TPSA) is 128 Å². The number of fused-ring (bicyclic) bond motifs is 1. The summed E-state index contributed by atoms with van der Waals surface area (Å²) in [5, 5.41) is 19.2. The van der Waals surface area contributed by atoms with Crippen molar-refractivity contribution in [2.45, 2.75) is 25.7 Å². The van der Waals surface area contributed by atoms with Gasteiger partial charge in [0.15, 0.2) is 17.1 Å². The summed E-state index contributed by atoms with van der Waals surface area (Å²) in [4.78, 5) is 26.3. The maximum atomic E-state index is 11.2. The molecule has 4 aromatic rings. The van der Waals surface area contributed by atoms with Gasteiger partial charge < -0.3 is 28.8 Å². The lowest BCUT2D eigenvalue weighted by atomic mass is 10.1. The summed E-state index contributed by atoms with van der Waals surface area (Å²) in [6.07, 6.45) is 1.50. The molecule has 0 aliphatic heterocycles. The number of ether oxygens (including phenoxy) is 3. The number of aliphatic carboxylic acids is 1. The van der Waals surface area contributed by atoms with Crippen molar-refractivity contribution in [3.05, 3.63) is 73.7 Å². The highest BCUT2D eigenvalue weighted by Gasteiger charge is 2.16. The fourth-order valence-electron chi connectivity index (χ4n) is 3.92. The van der Waals surface area contributed by atoms with E-state index in [1.165, 1.54) is 12.1 Å². The van der Waals surface area contributed by atoms with E-state index in [0.717, 1.165) is 5.56 Å². The highest BCUT2D eigenvalue weighted by atomic mass is 35.5. The summed E-state index contributed by atoms with van der Waals surface area (Å²) >= 11 is 25.3. The van der Waals surface area contributed by atoms with Crippen molar-refractivity contribution >= 4 is 69.4 Å². The number of benzene rings is 3. The fourth-order valence-corrected chi connectivity index (χ4v) is 5.16. The van der Waals surface area contributed by atoms with Crippen LogP contribution in [0.25, 0.3) is 22.6 Å². The zero-order valence-electron chi connectivity index (χ0n) is 22.0. The Labute approximate surface area is 260 Å². The molecule has 0 radical (unpaired) electrons. The number of hydrogen-bond donors (Lipinski definition) is 2. The number of aromatic nitrogens is 1. The summed E-state index contributed by atoms with van der Waals surface area (Å²) < 4.78 is 22.8. The van der Waals surface area contributed by atoms with E-state index in [-0.39, 0.29) is 27.9 Å². The second-order valence-electron chi connectivity index (χ2n) is 9.07. The van der Waals surface area contributed by atoms with Gasteiger partial charge in [-0.05, 0) is 54.4 Å². The number of aromatic carboxylic acids is 1. The van der Waals surface area contributed by atoms with Gasteiger partial charge in [-0.1, -0.05) is 46.4 Å². The third-order valence-corrected chi connectivity index (χ3v) is 7.05. The molecule has 0 unspecified atom stereocenters. The second kappa shape index (κ2) is 14.8. The average Bonchev–Trinajstić information content (AvgIpc) is 3.37. The molecule has 0 aliphatic rings. The Balaban J connectivity index is 1.18. The van der Waals surface area contributed by atoms with E-state index in [9.17, 15) is 9.59 Å². The van der Waals surface area contributed by atoms with Crippen molar-refractivity contribution in [1.29, 1.82) is 0 Å². The predicted octanol–water partition coefficient (Wildman–Crippen LogP) is 8.08. The van der Waals surface area contributed by atoms with E-state index < -0.39 is 11.9 Å². The van der Waals surface area contributed by atoms with Crippen LogP contribution in [0.15, 0.2) is 46.9 Å². The molecule has 0 amide bonds. The zero-order valence-corrected chi connectivity index (χ0v) is 25.0. The highest BCUT2D eigenvalue weighted by Crippen LogP contribution is 2.38. The molecule has 1 heterocycles. The van der Waals surface area contributed by atoms with E-state index in [2.05, 4.69) is 4.98 Å². The number of hydrogen-bond acceptors (Lipinski definition) is 7. The maximum absolute atomic E-state index is 11.2. The molecule has 2 N–H and O–H groups in total. The number of carboxylic acids is 2. The van der Waals surface area contributed by atoms with Gasteiger partial charge >= 0.3 is 11.9 Å². The number of rotatable bonds is 15. The van der Waals surface area contributed by atoms with Crippen molar-refractivity contribution in [2.75, 3.05) is 26.4 Å². The van der Waals surface area contributed by atoms with Crippen LogP contribution in [0.4, 0.5) is 0 Å². The van der Waals surface area contributed by atoms with Crippen LogP contribution in [0.2, 0.25) is 20.1 Å². The number of carboxylic acid groups (broad SMARTS) is 2. The first kappa shape index (κ1) is 31.7. The van der Waals surface area contributed by atoms with Gasteiger partial charge in [0, 0.05) is 38.0 Å². The number of halogens is 4. The molecule has 0 saturated carbocycles. The molecular weight excluding hydrogens is 632 g/mol. The van der Waals surface area contributed by atoms with Crippen molar-refractivity contribution < 1.29 is 38.4 Å². The van der Waals surface area contributed by atoms with Crippen LogP contribution in [0, 0.1) is 0 Å². The largest absolute Gasteiger partial charge is 0.490 e. The van der Waals surface area contributed by atoms with Crippen molar-refractivity contribution in [1.82, 2.24) is 4.98 Å². The predicted molar refractivity (Wildman–Crippen MR) is 160 cm³/mol. The standard InChI is InChI=1S/C29H25Cl4NO8/c30-19-11-16(3-6-25(35)36)12-20(31)26(19)40-9-1-7-39-8-2-10-41-27-21(32)13-18(14-22(27)33)28-34-23-5-4-17(29(37)38)15-24(23)42-28/h4-5,11-15H,1-3,6-10H2,(H,35,36)(H,37,38). The van der Waals surface area contributed by atoms with Crippen LogP contribution < -0.4 is 9.47 Å². The summed E-state index contributed by atoms with van der Waals surface area (Å²) in [5.41, 5.74) is 2.18. The number of carbonyl (C=O) groups is 2. The van der Waals surface area contributed by atoms with Crippen LogP contribution in [0.3, 0.4) is 0 Å². The van der Waals surface area contributed by atoms with E-state index in [4.69, 9.17) is 75.2 Å². The lowest BCUT2D eigenvalue weighted by Gasteiger charge is -2.12. The van der Waals surface area contributed by atoms with Crippen LogP contribution in [0.1, 0.15) is 35.2 Å². The molecule has 4 rings (SSSR count). The first-order chi connectivity index (χ1) is 20.1. The number of aryl methyl sites for hydroxylation is 1. The monoisotopic (exact) mass is 655 g/mol. The quantitative estimate of drug-likeness (QED) is 0.122. The lowest BCUT2D eigenvalue weighted by Crippen LogP contribution is -2.07. The zero-order chi connectivity index (χ0) is 30.2. The first-order valence-corrected chi connectivity index (χ1v) is 14.3. The van der Waals surface area contributed by atoms with Gasteiger partial charge in [0.05, 0.1) is 38.9 Å². The van der Waals surface area contributed by atoms with Gasteiger partial charge in [-0.25, -0.2) is 9.78 Å². The van der Waals surface area contributed by atoms with Gasteiger partial charge in [-0.15, -0.1) is 0 Å². The Morgan fingerprint density at radius 2 is 1.36 bits per heavy atom. The molecular formula is C29H25Cl4NO8. The number of oxazole rings is 1. The van der Waals surface area contributed by atoms with Crippen LogP contribution in [-0.4, -0.2) is 53.6 Å². The summed E-state index contributed by atoms with van der Waals surface area (Å²) in [6, 6.07) is 11.0.